The van der Waals surface area contributed by atoms with Gasteiger partial charge in [0.25, 0.3) is 11.5 Å². The second kappa shape index (κ2) is 16.4. The molecule has 0 unspecified atom stereocenters. The summed E-state index contributed by atoms with van der Waals surface area (Å²) < 4.78 is 96.8. The van der Waals surface area contributed by atoms with E-state index in [1.165, 1.54) is 26.0 Å². The fourth-order valence-electron chi connectivity index (χ4n) is 8.38. The summed E-state index contributed by atoms with van der Waals surface area (Å²) in [5.74, 6) is -2.87. The fraction of sp³-hybridized carbons (Fsp3) is 0.634. The highest BCUT2D eigenvalue weighted by Crippen LogP contribution is 2.48. The van der Waals surface area contributed by atoms with Gasteiger partial charge in [0.15, 0.2) is 0 Å². The van der Waals surface area contributed by atoms with Gasteiger partial charge in [0, 0.05) is 23.8 Å². The average molecular weight is 880 g/mol. The van der Waals surface area contributed by atoms with Gasteiger partial charge in [0.1, 0.15) is 29.5 Å². The smallest absolute Gasteiger partial charge is 0.433 e. The Labute approximate surface area is 351 Å². The summed E-state index contributed by atoms with van der Waals surface area (Å²) in [5.41, 5.74) is -4.56. The Morgan fingerprint density at radius 2 is 1.84 bits per heavy atom. The summed E-state index contributed by atoms with van der Waals surface area (Å²) in [6, 6.07) is 4.03. The zero-order valence-corrected chi connectivity index (χ0v) is 35.5. The van der Waals surface area contributed by atoms with Gasteiger partial charge in [-0.25, -0.2) is 13.2 Å². The number of hydrogen-bond acceptors (Lipinski definition) is 12. The van der Waals surface area contributed by atoms with Crippen LogP contribution < -0.4 is 29.6 Å². The number of alkyl carbamates (subject to hydrolysis) is 1. The number of benzene rings is 1. The number of amides is 4. The van der Waals surface area contributed by atoms with Crippen molar-refractivity contribution in [2.75, 3.05) is 34.0 Å². The van der Waals surface area contributed by atoms with E-state index in [1.807, 2.05) is 13.0 Å². The molecule has 1 aromatic carbocycles. The third kappa shape index (κ3) is 8.66. The van der Waals surface area contributed by atoms with Crippen molar-refractivity contribution in [1.29, 1.82) is 0 Å². The van der Waals surface area contributed by atoms with Crippen molar-refractivity contribution in [3.63, 3.8) is 0 Å². The van der Waals surface area contributed by atoms with Crippen LogP contribution in [0.1, 0.15) is 72.1 Å². The Morgan fingerprint density at radius 1 is 1.10 bits per heavy atom. The van der Waals surface area contributed by atoms with Crippen LogP contribution in [-0.4, -0.2) is 116 Å². The van der Waals surface area contributed by atoms with Crippen LogP contribution in [0.15, 0.2) is 36.4 Å². The zero-order valence-electron chi connectivity index (χ0n) is 34.6. The molecule has 0 bridgehead atoms. The van der Waals surface area contributed by atoms with E-state index in [0.29, 0.717) is 55.0 Å². The SMILES string of the molecule is CC[C@@H]1C[C@@H](C)CC/C=C\[C@@H]2C[C@@]2(C(=O)NS(=O)(=O)C2(C)CC2)NC(=O)[C@@H]2C[C@@H](Oc3nc(OC)cc4cc(OC)ccc34)CN2C(=O)[C@H]1NC(=O)OC1(C(F)(F)F)COC1. The summed E-state index contributed by atoms with van der Waals surface area (Å²) in [6.07, 6.45) is -1.21. The average Bonchev–Trinajstić information content (AvgIpc) is 4.08. The van der Waals surface area contributed by atoms with Gasteiger partial charge in [-0.2, -0.15) is 18.2 Å². The monoisotopic (exact) mass is 879 g/mol. The number of carbonyl (C=O) groups is 4. The molecule has 61 heavy (non-hydrogen) atoms. The van der Waals surface area contributed by atoms with Gasteiger partial charge in [-0.15, -0.1) is 0 Å². The first-order valence-electron chi connectivity index (χ1n) is 20.5. The lowest BCUT2D eigenvalue weighted by Crippen LogP contribution is -2.65. The first-order chi connectivity index (χ1) is 28.8. The van der Waals surface area contributed by atoms with E-state index in [-0.39, 0.29) is 37.1 Å². The third-order valence-corrected chi connectivity index (χ3v) is 15.0. The molecule has 2 aliphatic carbocycles. The molecule has 4 heterocycles. The third-order valence-electron chi connectivity index (χ3n) is 12.8. The predicted molar refractivity (Wildman–Crippen MR) is 212 cm³/mol. The second-order valence-corrected chi connectivity index (χ2v) is 19.4. The molecule has 7 rings (SSSR count). The van der Waals surface area contributed by atoms with Crippen LogP contribution in [0.5, 0.6) is 17.5 Å². The van der Waals surface area contributed by atoms with Gasteiger partial charge in [-0.05, 0) is 80.9 Å². The van der Waals surface area contributed by atoms with Crippen molar-refractivity contribution < 1.29 is 64.5 Å². The van der Waals surface area contributed by atoms with Gasteiger partial charge in [-0.3, -0.25) is 19.1 Å². The van der Waals surface area contributed by atoms with Crippen LogP contribution in [0.4, 0.5) is 18.0 Å². The van der Waals surface area contributed by atoms with Crippen molar-refractivity contribution in [2.45, 2.75) is 112 Å². The molecule has 7 atom stereocenters. The lowest BCUT2D eigenvalue weighted by Gasteiger charge is -2.41. The van der Waals surface area contributed by atoms with E-state index < -0.39 is 99.1 Å². The molecule has 3 N–H and O–H groups in total. The largest absolute Gasteiger partial charge is 0.497 e. The number of methoxy groups -OCH3 is 2. The number of aromatic nitrogens is 1. The molecule has 5 aliphatic rings. The summed E-state index contributed by atoms with van der Waals surface area (Å²) in [7, 11) is -1.16. The lowest BCUT2D eigenvalue weighted by atomic mass is 9.85. The first-order valence-corrected chi connectivity index (χ1v) is 22.0. The van der Waals surface area contributed by atoms with Crippen molar-refractivity contribution >= 4 is 44.6 Å². The van der Waals surface area contributed by atoms with E-state index in [4.69, 9.17) is 23.7 Å². The second-order valence-electron chi connectivity index (χ2n) is 17.2. The number of fused-ring (bicyclic) bond motifs is 3. The van der Waals surface area contributed by atoms with Crippen molar-refractivity contribution in [2.24, 2.45) is 17.8 Å². The Balaban J connectivity index is 1.25. The number of carbonyl (C=O) groups excluding carboxylic acids is 4. The zero-order chi connectivity index (χ0) is 44.1. The van der Waals surface area contributed by atoms with Crippen LogP contribution in [0.25, 0.3) is 10.8 Å². The predicted octanol–water partition coefficient (Wildman–Crippen LogP) is 4.30. The molecule has 3 aliphatic heterocycles. The van der Waals surface area contributed by atoms with Crippen LogP contribution in [0, 0.1) is 17.8 Å². The number of alkyl halides is 3. The normalized spacial score (nSPS) is 30.2. The maximum Gasteiger partial charge on any atom is 0.433 e. The molecule has 4 amide bonds. The molecular formula is C41H52F3N5O11S. The standard InChI is InChI=1S/C41H52F3N5O11S/c1-6-24-15-23(2)9-7-8-10-26-19-40(26,36(52)48-61(54,55)38(3)13-14-38)47-33(50)30-18-28(59-34-29-12-11-27(56-4)16-25(29)17-31(45-34)57-5)20-49(30)35(51)32(24)46-37(53)60-39(21-58-22-39)41(42,43)44/h8,10-12,16-17,23-24,26,28,30,32H,6-7,9,13-15,18-22H2,1-5H3,(H,46,53)(H,47,50)(H,48,52)/b10-8-/t23-,24+,26+,28+,30-,32-,40+/m0/s1. The van der Waals surface area contributed by atoms with Gasteiger partial charge in [-0.1, -0.05) is 32.4 Å². The number of pyridine rings is 1. The minimum absolute atomic E-state index is 0.0534. The molecule has 2 aromatic rings. The molecule has 0 radical (unpaired) electrons. The maximum absolute atomic E-state index is 15.0. The Bertz CT molecular complexity index is 2190. The first kappa shape index (κ1) is 44.2. The number of nitrogens with zero attached hydrogens (tertiary/aromatic N) is 2. The van der Waals surface area contributed by atoms with Gasteiger partial charge < -0.3 is 39.2 Å². The highest BCUT2D eigenvalue weighted by molar-refractivity contribution is 7.91. The molecule has 334 valence electrons. The maximum atomic E-state index is 15.0. The summed E-state index contributed by atoms with van der Waals surface area (Å²) >= 11 is 0. The van der Waals surface area contributed by atoms with Gasteiger partial charge in [0.2, 0.25) is 33.6 Å². The van der Waals surface area contributed by atoms with Gasteiger partial charge in [0.05, 0.1) is 38.7 Å². The number of nitrogens with one attached hydrogen (secondary N) is 3. The number of halogens is 3. The van der Waals surface area contributed by atoms with Crippen molar-refractivity contribution in [3.05, 3.63) is 36.4 Å². The molecule has 16 nitrogen and oxygen atoms in total. The van der Waals surface area contributed by atoms with E-state index in [1.54, 1.807) is 37.3 Å². The number of rotatable bonds is 10. The minimum atomic E-state index is -4.95. The van der Waals surface area contributed by atoms with E-state index in [0.717, 1.165) is 0 Å². The number of allylic oxidation sites excluding steroid dienone is 1. The Kier molecular flexibility index (Phi) is 11.9. The lowest BCUT2D eigenvalue weighted by molar-refractivity contribution is -0.331. The van der Waals surface area contributed by atoms with Crippen molar-refractivity contribution in [3.8, 4) is 17.5 Å². The number of sulfonamides is 1. The number of ether oxygens (including phenoxy) is 5. The molecular weight excluding hydrogens is 828 g/mol. The molecule has 2 saturated carbocycles. The summed E-state index contributed by atoms with van der Waals surface area (Å²) in [5, 5.41) is 6.45. The quantitative estimate of drug-likeness (QED) is 0.287. The Hall–Kier alpha value is -4.85. The van der Waals surface area contributed by atoms with Crippen LogP contribution in [0.3, 0.4) is 0 Å². The van der Waals surface area contributed by atoms with Gasteiger partial charge >= 0.3 is 12.3 Å². The number of hydrogen-bond donors (Lipinski definition) is 3. The summed E-state index contributed by atoms with van der Waals surface area (Å²) in [4.78, 5) is 62.8. The minimum Gasteiger partial charge on any atom is -0.497 e. The van der Waals surface area contributed by atoms with E-state index in [9.17, 15) is 36.0 Å². The Morgan fingerprint density at radius 3 is 2.46 bits per heavy atom. The molecule has 0 spiro atoms. The van der Waals surface area contributed by atoms with Crippen molar-refractivity contribution in [1.82, 2.24) is 25.2 Å². The topological polar surface area (TPSA) is 201 Å². The van der Waals surface area contributed by atoms with E-state index in [2.05, 4.69) is 20.3 Å². The molecule has 2 saturated heterocycles. The molecule has 1 aromatic heterocycles. The summed E-state index contributed by atoms with van der Waals surface area (Å²) in [6.45, 7) is 3.21. The van der Waals surface area contributed by atoms with Crippen LogP contribution in [0.2, 0.25) is 0 Å². The van der Waals surface area contributed by atoms with Crippen LogP contribution >= 0.6 is 0 Å². The molecule has 20 heteroatoms. The fourth-order valence-corrected chi connectivity index (χ4v) is 9.69. The molecule has 4 fully saturated rings. The van der Waals surface area contributed by atoms with E-state index >= 15 is 4.79 Å². The highest BCUT2D eigenvalue weighted by atomic mass is 32.2. The highest BCUT2D eigenvalue weighted by Gasteiger charge is 2.65. The van der Waals surface area contributed by atoms with Crippen LogP contribution in [-0.2, 0) is 33.9 Å².